The number of nitrogen functional groups attached to an aromatic ring is 1. The first-order chi connectivity index (χ1) is 10.3. The molecule has 102 valence electrons. The number of anilines is 1. The van der Waals surface area contributed by atoms with Crippen LogP contribution in [0.1, 0.15) is 5.56 Å². The number of hydrogen-bond acceptors (Lipinski definition) is 2. The van der Waals surface area contributed by atoms with E-state index in [0.29, 0.717) is 5.82 Å². The van der Waals surface area contributed by atoms with E-state index in [1.807, 2.05) is 12.1 Å². The van der Waals surface area contributed by atoms with E-state index in [0.717, 1.165) is 12.1 Å². The van der Waals surface area contributed by atoms with Gasteiger partial charge in [-0.2, -0.15) is 0 Å². The van der Waals surface area contributed by atoms with Gasteiger partial charge in [-0.3, -0.25) is 0 Å². The highest BCUT2D eigenvalue weighted by molar-refractivity contribution is 6.08. The molecule has 0 saturated carbocycles. The molecule has 2 aromatic carbocycles. The summed E-state index contributed by atoms with van der Waals surface area (Å²) in [5.74, 6) is 0.563. The van der Waals surface area contributed by atoms with Crippen LogP contribution in [0.25, 0.3) is 21.8 Å². The van der Waals surface area contributed by atoms with E-state index in [-0.39, 0.29) is 0 Å². The van der Waals surface area contributed by atoms with Gasteiger partial charge in [-0.15, -0.1) is 0 Å². The SMILES string of the molecule is Nc1cc(Cn2c3ccccc3c3ccccc32)ccn1. The minimum atomic E-state index is 0.563. The maximum atomic E-state index is 5.79. The van der Waals surface area contributed by atoms with Crippen molar-refractivity contribution in [2.75, 3.05) is 5.73 Å². The topological polar surface area (TPSA) is 43.8 Å². The molecule has 0 aliphatic heterocycles. The fourth-order valence-corrected chi connectivity index (χ4v) is 2.95. The number of aromatic nitrogens is 2. The standard InChI is InChI=1S/C18H15N3/c19-18-11-13(9-10-20-18)12-21-16-7-3-1-5-14(16)15-6-2-4-8-17(15)21/h1-11H,12H2,(H2,19,20). The number of para-hydroxylation sites is 2. The molecule has 0 aliphatic carbocycles. The van der Waals surface area contributed by atoms with Crippen LogP contribution < -0.4 is 5.73 Å². The van der Waals surface area contributed by atoms with Crippen LogP contribution in [0, 0.1) is 0 Å². The van der Waals surface area contributed by atoms with Crippen LogP contribution in [0.5, 0.6) is 0 Å². The Morgan fingerprint density at radius 3 is 2.10 bits per heavy atom. The first-order valence-corrected chi connectivity index (χ1v) is 6.99. The van der Waals surface area contributed by atoms with E-state index in [4.69, 9.17) is 5.73 Å². The number of nitrogens with zero attached hydrogens (tertiary/aromatic N) is 2. The summed E-state index contributed by atoms with van der Waals surface area (Å²) in [6.45, 7) is 0.792. The lowest BCUT2D eigenvalue weighted by Gasteiger charge is -2.08. The maximum Gasteiger partial charge on any atom is 0.123 e. The van der Waals surface area contributed by atoms with Gasteiger partial charge in [0.25, 0.3) is 0 Å². The number of hydrogen-bond donors (Lipinski definition) is 1. The predicted molar refractivity (Wildman–Crippen MR) is 87.2 cm³/mol. The molecule has 3 nitrogen and oxygen atoms in total. The molecule has 0 unspecified atom stereocenters. The third-order valence-electron chi connectivity index (χ3n) is 3.87. The van der Waals surface area contributed by atoms with Gasteiger partial charge >= 0.3 is 0 Å². The molecule has 4 aromatic rings. The minimum Gasteiger partial charge on any atom is -0.384 e. The average Bonchev–Trinajstić information content (AvgIpc) is 2.83. The smallest absolute Gasteiger partial charge is 0.123 e. The van der Waals surface area contributed by atoms with Crippen molar-refractivity contribution in [3.05, 3.63) is 72.4 Å². The number of rotatable bonds is 2. The summed E-state index contributed by atoms with van der Waals surface area (Å²) >= 11 is 0. The zero-order valence-electron chi connectivity index (χ0n) is 11.5. The molecule has 0 spiro atoms. The van der Waals surface area contributed by atoms with E-state index < -0.39 is 0 Å². The lowest BCUT2D eigenvalue weighted by atomic mass is 10.2. The first-order valence-electron chi connectivity index (χ1n) is 6.99. The van der Waals surface area contributed by atoms with Gasteiger partial charge in [-0.1, -0.05) is 36.4 Å². The number of benzene rings is 2. The Morgan fingerprint density at radius 2 is 1.48 bits per heavy atom. The summed E-state index contributed by atoms with van der Waals surface area (Å²) in [6, 6.07) is 21.0. The van der Waals surface area contributed by atoms with E-state index in [1.54, 1.807) is 6.20 Å². The second kappa shape index (κ2) is 4.63. The quantitative estimate of drug-likeness (QED) is 0.603. The summed E-state index contributed by atoms with van der Waals surface area (Å²) in [5.41, 5.74) is 9.44. The summed E-state index contributed by atoms with van der Waals surface area (Å²) in [5, 5.41) is 2.57. The second-order valence-electron chi connectivity index (χ2n) is 5.21. The van der Waals surface area contributed by atoms with E-state index in [9.17, 15) is 0 Å². The van der Waals surface area contributed by atoms with Crippen LogP contribution in [0.3, 0.4) is 0 Å². The Morgan fingerprint density at radius 1 is 0.857 bits per heavy atom. The number of nitrogens with two attached hydrogens (primary N) is 1. The van der Waals surface area contributed by atoms with Crippen LogP contribution in [0.4, 0.5) is 5.82 Å². The van der Waals surface area contributed by atoms with Crippen molar-refractivity contribution in [2.24, 2.45) is 0 Å². The highest BCUT2D eigenvalue weighted by Crippen LogP contribution is 2.29. The van der Waals surface area contributed by atoms with Gasteiger partial charge in [-0.05, 0) is 29.8 Å². The molecule has 2 heterocycles. The molecule has 21 heavy (non-hydrogen) atoms. The van der Waals surface area contributed by atoms with Gasteiger partial charge in [0.05, 0.1) is 0 Å². The Bertz CT molecular complexity index is 884. The summed E-state index contributed by atoms with van der Waals surface area (Å²) in [7, 11) is 0. The van der Waals surface area contributed by atoms with E-state index in [2.05, 4.69) is 58.1 Å². The fraction of sp³-hybridized carbons (Fsp3) is 0.0556. The molecule has 2 aromatic heterocycles. The van der Waals surface area contributed by atoms with Crippen LogP contribution in [0.2, 0.25) is 0 Å². The first kappa shape index (κ1) is 12.0. The van der Waals surface area contributed by atoms with Crippen molar-refractivity contribution in [1.82, 2.24) is 9.55 Å². The van der Waals surface area contributed by atoms with Crippen LogP contribution >= 0.6 is 0 Å². The van der Waals surface area contributed by atoms with Gasteiger partial charge < -0.3 is 10.3 Å². The Kier molecular flexibility index (Phi) is 2.64. The third-order valence-corrected chi connectivity index (χ3v) is 3.87. The van der Waals surface area contributed by atoms with Crippen molar-refractivity contribution in [3.8, 4) is 0 Å². The van der Waals surface area contributed by atoms with Gasteiger partial charge in [0.15, 0.2) is 0 Å². The van der Waals surface area contributed by atoms with Crippen molar-refractivity contribution >= 4 is 27.6 Å². The molecule has 0 aliphatic rings. The van der Waals surface area contributed by atoms with Gasteiger partial charge in [0.1, 0.15) is 5.82 Å². The van der Waals surface area contributed by atoms with Crippen LogP contribution in [-0.2, 0) is 6.54 Å². The molecular formula is C18H15N3. The molecule has 0 bridgehead atoms. The number of fused-ring (bicyclic) bond motifs is 3. The summed E-state index contributed by atoms with van der Waals surface area (Å²) in [6.07, 6.45) is 1.76. The Hall–Kier alpha value is -2.81. The Balaban J connectivity index is 1.97. The molecule has 2 N–H and O–H groups in total. The van der Waals surface area contributed by atoms with Gasteiger partial charge in [0.2, 0.25) is 0 Å². The molecule has 0 fully saturated rings. The molecule has 0 amide bonds. The van der Waals surface area contributed by atoms with E-state index in [1.165, 1.54) is 21.8 Å². The van der Waals surface area contributed by atoms with Gasteiger partial charge in [-0.25, -0.2) is 4.98 Å². The van der Waals surface area contributed by atoms with Crippen molar-refractivity contribution < 1.29 is 0 Å². The lowest BCUT2D eigenvalue weighted by Crippen LogP contribution is -2.00. The molecule has 0 atom stereocenters. The summed E-state index contributed by atoms with van der Waals surface area (Å²) < 4.78 is 2.33. The van der Waals surface area contributed by atoms with Crippen LogP contribution in [-0.4, -0.2) is 9.55 Å². The lowest BCUT2D eigenvalue weighted by molar-refractivity contribution is 0.867. The van der Waals surface area contributed by atoms with Crippen molar-refractivity contribution in [2.45, 2.75) is 6.54 Å². The minimum absolute atomic E-state index is 0.563. The zero-order chi connectivity index (χ0) is 14.2. The molecule has 4 rings (SSSR count). The van der Waals surface area contributed by atoms with Crippen molar-refractivity contribution in [3.63, 3.8) is 0 Å². The van der Waals surface area contributed by atoms with E-state index >= 15 is 0 Å². The maximum absolute atomic E-state index is 5.79. The average molecular weight is 273 g/mol. The third kappa shape index (κ3) is 1.94. The molecule has 0 saturated heterocycles. The fourth-order valence-electron chi connectivity index (χ4n) is 2.95. The zero-order valence-corrected chi connectivity index (χ0v) is 11.5. The Labute approximate surface area is 122 Å². The molecule has 0 radical (unpaired) electrons. The van der Waals surface area contributed by atoms with Gasteiger partial charge in [0, 0.05) is 34.5 Å². The largest absolute Gasteiger partial charge is 0.384 e. The van der Waals surface area contributed by atoms with Crippen molar-refractivity contribution in [1.29, 1.82) is 0 Å². The van der Waals surface area contributed by atoms with Crippen LogP contribution in [0.15, 0.2) is 66.9 Å². The normalized spacial score (nSPS) is 11.2. The molecule has 3 heteroatoms. The highest BCUT2D eigenvalue weighted by atomic mass is 15.0. The monoisotopic (exact) mass is 273 g/mol. The summed E-state index contributed by atoms with van der Waals surface area (Å²) in [4.78, 5) is 4.06. The number of pyridine rings is 1. The molecular weight excluding hydrogens is 258 g/mol. The predicted octanol–water partition coefficient (Wildman–Crippen LogP) is 3.82. The highest BCUT2D eigenvalue weighted by Gasteiger charge is 2.09. The second-order valence-corrected chi connectivity index (χ2v) is 5.21.